The number of anilines is 1. The first-order valence-electron chi connectivity index (χ1n) is 9.95. The maximum absolute atomic E-state index is 12.1. The number of halogens is 1. The Kier molecular flexibility index (Phi) is 7.53. The van der Waals surface area contributed by atoms with Crippen LogP contribution in [-0.4, -0.2) is 50.2 Å². The average molecular weight is 431 g/mol. The summed E-state index contributed by atoms with van der Waals surface area (Å²) in [5.41, 5.74) is 2.63. The van der Waals surface area contributed by atoms with Crippen LogP contribution >= 0.6 is 23.7 Å². The molecule has 6 heteroatoms. The summed E-state index contributed by atoms with van der Waals surface area (Å²) in [6.45, 7) is 7.51. The number of carbonyl (C=O) groups is 1. The summed E-state index contributed by atoms with van der Waals surface area (Å²) in [5, 5.41) is 1.16. The summed E-state index contributed by atoms with van der Waals surface area (Å²) >= 11 is 1.52. The zero-order valence-corrected chi connectivity index (χ0v) is 18.3. The third-order valence-electron chi connectivity index (χ3n) is 5.29. The second-order valence-corrected chi connectivity index (χ2v) is 8.17. The number of ether oxygens (including phenoxy) is 1. The van der Waals surface area contributed by atoms with Crippen molar-refractivity contribution in [3.63, 3.8) is 0 Å². The van der Waals surface area contributed by atoms with Crippen molar-refractivity contribution >= 4 is 45.5 Å². The van der Waals surface area contributed by atoms with Gasteiger partial charge in [0, 0.05) is 48.5 Å². The molecule has 1 aliphatic heterocycles. The summed E-state index contributed by atoms with van der Waals surface area (Å²) in [4.78, 5) is 17.8. The van der Waals surface area contributed by atoms with E-state index in [2.05, 4.69) is 58.3 Å². The van der Waals surface area contributed by atoms with Crippen molar-refractivity contribution in [3.8, 4) is 0 Å². The van der Waals surface area contributed by atoms with E-state index in [1.165, 1.54) is 22.6 Å². The van der Waals surface area contributed by atoms with Gasteiger partial charge in [-0.05, 0) is 37.1 Å². The third-order valence-corrected chi connectivity index (χ3v) is 6.37. The number of piperazine rings is 1. The Morgan fingerprint density at radius 1 is 1.03 bits per heavy atom. The van der Waals surface area contributed by atoms with E-state index in [0.29, 0.717) is 11.5 Å². The van der Waals surface area contributed by atoms with E-state index < -0.39 is 0 Å². The predicted molar refractivity (Wildman–Crippen MR) is 124 cm³/mol. The topological polar surface area (TPSA) is 32.8 Å². The highest BCUT2D eigenvalue weighted by atomic mass is 35.5. The number of rotatable bonds is 6. The van der Waals surface area contributed by atoms with E-state index in [-0.39, 0.29) is 18.4 Å². The fourth-order valence-corrected chi connectivity index (χ4v) is 4.74. The number of hydrogen-bond acceptors (Lipinski definition) is 5. The quantitative estimate of drug-likeness (QED) is 0.522. The van der Waals surface area contributed by atoms with Gasteiger partial charge in [0.1, 0.15) is 4.88 Å². The number of benzene rings is 2. The fourth-order valence-electron chi connectivity index (χ4n) is 3.77. The number of nitrogens with zero attached hydrogens (tertiary/aromatic N) is 2. The molecule has 0 unspecified atom stereocenters. The average Bonchev–Trinajstić information content (AvgIpc) is 3.18. The van der Waals surface area contributed by atoms with Crippen LogP contribution in [0.3, 0.4) is 0 Å². The Labute approximate surface area is 182 Å². The lowest BCUT2D eigenvalue weighted by Crippen LogP contribution is -2.47. The molecule has 2 aromatic carbocycles. The standard InChI is InChI=1S/C23H26N2O2S.ClH/c1-2-27-23(26)22-17-19-20(9-6-10-21(19)28-22)25-15-13-24(14-16-25)12-11-18-7-4-3-5-8-18;/h3-10,17H,2,11-16H2,1H3;1H. The van der Waals surface area contributed by atoms with E-state index in [1.807, 2.05) is 13.0 Å². The Bertz CT molecular complexity index is 936. The van der Waals surface area contributed by atoms with Gasteiger partial charge in [0.05, 0.1) is 6.61 Å². The minimum atomic E-state index is -0.222. The minimum absolute atomic E-state index is 0. The number of fused-ring (bicyclic) bond motifs is 1. The van der Waals surface area contributed by atoms with E-state index in [0.717, 1.165) is 49.2 Å². The van der Waals surface area contributed by atoms with E-state index in [1.54, 1.807) is 0 Å². The molecule has 29 heavy (non-hydrogen) atoms. The van der Waals surface area contributed by atoms with Gasteiger partial charge in [-0.15, -0.1) is 23.7 Å². The van der Waals surface area contributed by atoms with Crippen molar-refractivity contribution in [1.29, 1.82) is 0 Å². The van der Waals surface area contributed by atoms with Crippen LogP contribution < -0.4 is 4.90 Å². The predicted octanol–water partition coefficient (Wildman–Crippen LogP) is 4.86. The smallest absolute Gasteiger partial charge is 0.348 e. The van der Waals surface area contributed by atoms with Crippen molar-refractivity contribution in [2.24, 2.45) is 0 Å². The molecular weight excluding hydrogens is 404 g/mol. The van der Waals surface area contributed by atoms with Crippen LogP contribution in [0.4, 0.5) is 5.69 Å². The van der Waals surface area contributed by atoms with Crippen LogP contribution in [0.15, 0.2) is 54.6 Å². The largest absolute Gasteiger partial charge is 0.462 e. The highest BCUT2D eigenvalue weighted by molar-refractivity contribution is 7.20. The minimum Gasteiger partial charge on any atom is -0.462 e. The Hall–Kier alpha value is -2.08. The lowest BCUT2D eigenvalue weighted by Gasteiger charge is -2.36. The van der Waals surface area contributed by atoms with Crippen LogP contribution in [0.2, 0.25) is 0 Å². The summed E-state index contributed by atoms with van der Waals surface area (Å²) < 4.78 is 6.32. The van der Waals surface area contributed by atoms with Crippen molar-refractivity contribution in [2.75, 3.05) is 44.2 Å². The molecule has 0 bridgehead atoms. The molecule has 0 spiro atoms. The van der Waals surface area contributed by atoms with Gasteiger partial charge in [-0.25, -0.2) is 4.79 Å². The maximum Gasteiger partial charge on any atom is 0.348 e. The number of hydrogen-bond donors (Lipinski definition) is 0. The molecule has 2 heterocycles. The molecule has 0 amide bonds. The Morgan fingerprint density at radius 3 is 2.52 bits per heavy atom. The zero-order chi connectivity index (χ0) is 19.3. The molecule has 0 aliphatic carbocycles. The molecule has 1 saturated heterocycles. The van der Waals surface area contributed by atoms with Gasteiger partial charge in [0.25, 0.3) is 0 Å². The lowest BCUT2D eigenvalue weighted by atomic mass is 10.1. The number of esters is 1. The molecule has 0 radical (unpaired) electrons. The van der Waals surface area contributed by atoms with Crippen molar-refractivity contribution < 1.29 is 9.53 Å². The molecule has 4 rings (SSSR count). The molecule has 1 aromatic heterocycles. The van der Waals surface area contributed by atoms with Crippen molar-refractivity contribution in [2.45, 2.75) is 13.3 Å². The second-order valence-electron chi connectivity index (χ2n) is 7.08. The van der Waals surface area contributed by atoms with E-state index >= 15 is 0 Å². The van der Waals surface area contributed by atoms with Gasteiger partial charge in [0.15, 0.2) is 0 Å². The first kappa shape index (κ1) is 21.6. The first-order chi connectivity index (χ1) is 13.7. The Morgan fingerprint density at radius 2 is 1.79 bits per heavy atom. The van der Waals surface area contributed by atoms with Gasteiger partial charge in [0.2, 0.25) is 0 Å². The molecule has 4 nitrogen and oxygen atoms in total. The summed E-state index contributed by atoms with van der Waals surface area (Å²) in [5.74, 6) is -0.222. The van der Waals surface area contributed by atoms with Gasteiger partial charge in [-0.2, -0.15) is 0 Å². The molecule has 154 valence electrons. The van der Waals surface area contributed by atoms with Crippen LogP contribution in [0.1, 0.15) is 22.2 Å². The summed E-state index contributed by atoms with van der Waals surface area (Å²) in [7, 11) is 0. The van der Waals surface area contributed by atoms with E-state index in [9.17, 15) is 4.79 Å². The van der Waals surface area contributed by atoms with Crippen molar-refractivity contribution in [1.82, 2.24) is 4.90 Å². The maximum atomic E-state index is 12.1. The van der Waals surface area contributed by atoms with Gasteiger partial charge < -0.3 is 9.64 Å². The molecule has 0 N–H and O–H groups in total. The SMILES string of the molecule is CCOC(=O)c1cc2c(N3CCN(CCc4ccccc4)CC3)cccc2s1.Cl. The Balaban J connectivity index is 0.00000240. The lowest BCUT2D eigenvalue weighted by molar-refractivity contribution is 0.0532. The van der Waals surface area contributed by atoms with Gasteiger partial charge >= 0.3 is 5.97 Å². The molecule has 1 aliphatic rings. The van der Waals surface area contributed by atoms with Gasteiger partial charge in [-0.1, -0.05) is 36.4 Å². The van der Waals surface area contributed by atoms with Crippen molar-refractivity contribution in [3.05, 3.63) is 65.0 Å². The molecule has 0 saturated carbocycles. The molecular formula is C23H27ClN2O2S. The summed E-state index contributed by atoms with van der Waals surface area (Å²) in [6, 6.07) is 19.0. The third kappa shape index (κ3) is 5.10. The van der Waals surface area contributed by atoms with Crippen LogP contribution in [0, 0.1) is 0 Å². The molecule has 0 atom stereocenters. The van der Waals surface area contributed by atoms with Crippen LogP contribution in [0.5, 0.6) is 0 Å². The van der Waals surface area contributed by atoms with Gasteiger partial charge in [-0.3, -0.25) is 4.90 Å². The first-order valence-corrected chi connectivity index (χ1v) is 10.8. The number of carbonyl (C=O) groups excluding carboxylic acids is 1. The second kappa shape index (κ2) is 10.1. The highest BCUT2D eigenvalue weighted by Gasteiger charge is 2.20. The van der Waals surface area contributed by atoms with E-state index in [4.69, 9.17) is 4.74 Å². The number of thiophene rings is 1. The summed E-state index contributed by atoms with van der Waals surface area (Å²) in [6.07, 6.45) is 1.10. The van der Waals surface area contributed by atoms with Crippen LogP contribution in [-0.2, 0) is 11.2 Å². The monoisotopic (exact) mass is 430 g/mol. The van der Waals surface area contributed by atoms with Crippen LogP contribution in [0.25, 0.3) is 10.1 Å². The highest BCUT2D eigenvalue weighted by Crippen LogP contribution is 2.34. The molecule has 3 aromatic rings. The zero-order valence-electron chi connectivity index (χ0n) is 16.7. The normalized spacial score (nSPS) is 14.6. The fraction of sp³-hybridized carbons (Fsp3) is 0.348. The molecule has 1 fully saturated rings.